The third-order valence-corrected chi connectivity index (χ3v) is 11.5. The summed E-state index contributed by atoms with van der Waals surface area (Å²) in [5.74, 6) is 0. The Morgan fingerprint density at radius 3 is 1.65 bits per heavy atom. The fourth-order valence-electron chi connectivity index (χ4n) is 5.07. The standard InChI is InChI=1S/C20H30OP.Pd/c1-17(21)22(18-11-5-2-6-12-18,19-13-7-3-8-14-19)20-15-9-4-10-16-20;/h2,5-6,11-12,19-20H,3-4,7-10,13-16H2,1H3;/q+1;. The van der Waals surface area contributed by atoms with E-state index in [2.05, 4.69) is 30.3 Å². The van der Waals surface area contributed by atoms with Crippen molar-refractivity contribution in [3.8, 4) is 0 Å². The molecule has 0 atom stereocenters. The van der Waals surface area contributed by atoms with Crippen molar-refractivity contribution in [2.75, 3.05) is 0 Å². The Hall–Kier alpha value is -0.0177. The van der Waals surface area contributed by atoms with Crippen LogP contribution in [0.5, 0.6) is 0 Å². The molecule has 3 heteroatoms. The molecule has 0 unspecified atom stereocenters. The molecule has 2 fully saturated rings. The number of benzene rings is 1. The molecule has 2 aliphatic carbocycles. The van der Waals surface area contributed by atoms with E-state index in [1.54, 1.807) is 0 Å². The first kappa shape index (κ1) is 19.3. The SMILES string of the molecule is CC(=O)[P+](c1ccccc1)(C1CCCCC1)C1CCCCC1.[Pd]. The Morgan fingerprint density at radius 2 is 1.26 bits per heavy atom. The molecule has 0 spiro atoms. The second kappa shape index (κ2) is 8.90. The van der Waals surface area contributed by atoms with Crippen LogP contribution >= 0.6 is 7.26 Å². The molecular formula is C20H30OPPd+. The Kier molecular flexibility index (Phi) is 7.47. The fourth-order valence-corrected chi connectivity index (χ4v) is 10.9. The molecule has 0 saturated heterocycles. The molecule has 0 heterocycles. The van der Waals surface area contributed by atoms with Crippen LogP contribution in [-0.4, -0.2) is 16.8 Å². The van der Waals surface area contributed by atoms with E-state index in [0.717, 1.165) is 0 Å². The van der Waals surface area contributed by atoms with Gasteiger partial charge >= 0.3 is 0 Å². The zero-order valence-corrected chi connectivity index (χ0v) is 16.7. The van der Waals surface area contributed by atoms with Crippen LogP contribution < -0.4 is 5.30 Å². The molecule has 130 valence electrons. The summed E-state index contributed by atoms with van der Waals surface area (Å²) in [7, 11) is -1.71. The Labute approximate surface area is 156 Å². The Morgan fingerprint density at radius 1 is 0.826 bits per heavy atom. The molecular weight excluding hydrogens is 394 g/mol. The van der Waals surface area contributed by atoms with E-state index in [9.17, 15) is 4.79 Å². The van der Waals surface area contributed by atoms with Crippen molar-refractivity contribution in [3.05, 3.63) is 30.3 Å². The maximum absolute atomic E-state index is 13.1. The summed E-state index contributed by atoms with van der Waals surface area (Å²) in [5.41, 5.74) is 1.88. The van der Waals surface area contributed by atoms with Gasteiger partial charge in [0.25, 0.3) is 5.52 Å². The predicted octanol–water partition coefficient (Wildman–Crippen LogP) is 5.54. The van der Waals surface area contributed by atoms with Gasteiger partial charge in [-0.15, -0.1) is 0 Å². The number of rotatable bonds is 4. The number of carbonyl (C=O) groups excluding carboxylic acids is 1. The third kappa shape index (κ3) is 3.81. The molecule has 3 rings (SSSR count). The summed E-state index contributed by atoms with van der Waals surface area (Å²) in [5, 5.41) is 1.42. The van der Waals surface area contributed by atoms with Crippen LogP contribution in [0.4, 0.5) is 0 Å². The van der Waals surface area contributed by atoms with Crippen LogP contribution in [0.2, 0.25) is 0 Å². The average Bonchev–Trinajstić information content (AvgIpc) is 2.58. The van der Waals surface area contributed by atoms with Crippen LogP contribution in [-0.2, 0) is 25.2 Å². The summed E-state index contributed by atoms with van der Waals surface area (Å²) in [6.45, 7) is 1.92. The molecule has 0 amide bonds. The van der Waals surface area contributed by atoms with Gasteiger partial charge < -0.3 is 0 Å². The van der Waals surface area contributed by atoms with Gasteiger partial charge in [0.2, 0.25) is 0 Å². The van der Waals surface area contributed by atoms with Crippen molar-refractivity contribution in [2.24, 2.45) is 0 Å². The molecule has 0 bridgehead atoms. The molecule has 0 radical (unpaired) electrons. The van der Waals surface area contributed by atoms with Gasteiger partial charge in [0.1, 0.15) is 12.6 Å². The number of hydrogen-bond donors (Lipinski definition) is 0. The molecule has 0 N–H and O–H groups in total. The number of hydrogen-bond acceptors (Lipinski definition) is 1. The summed E-state index contributed by atoms with van der Waals surface area (Å²) < 4.78 is 0. The van der Waals surface area contributed by atoms with Gasteiger partial charge in [-0.2, -0.15) is 0 Å². The van der Waals surface area contributed by atoms with E-state index in [4.69, 9.17) is 0 Å². The Bertz CT molecular complexity index is 472. The average molecular weight is 424 g/mol. The van der Waals surface area contributed by atoms with E-state index in [1.807, 2.05) is 6.92 Å². The first-order valence-corrected chi connectivity index (χ1v) is 11.1. The van der Waals surface area contributed by atoms with Crippen molar-refractivity contribution in [1.82, 2.24) is 0 Å². The topological polar surface area (TPSA) is 17.1 Å². The minimum atomic E-state index is -1.71. The normalized spacial score (nSPS) is 20.7. The first-order chi connectivity index (χ1) is 10.8. The quantitative estimate of drug-likeness (QED) is 0.459. The Balaban J connectivity index is 0.00000192. The molecule has 0 aromatic heterocycles. The second-order valence-electron chi connectivity index (χ2n) is 7.22. The predicted molar refractivity (Wildman–Crippen MR) is 97.4 cm³/mol. The van der Waals surface area contributed by atoms with E-state index >= 15 is 0 Å². The zero-order chi connectivity index (χ0) is 15.4. The van der Waals surface area contributed by atoms with E-state index in [1.165, 1.54) is 69.5 Å². The van der Waals surface area contributed by atoms with Crippen LogP contribution in [0.25, 0.3) is 0 Å². The summed E-state index contributed by atoms with van der Waals surface area (Å²) >= 11 is 0. The van der Waals surface area contributed by atoms with Crippen molar-refractivity contribution in [1.29, 1.82) is 0 Å². The van der Waals surface area contributed by atoms with Gasteiger partial charge in [0.05, 0.1) is 11.3 Å². The fraction of sp³-hybridized carbons (Fsp3) is 0.650. The monoisotopic (exact) mass is 423 g/mol. The van der Waals surface area contributed by atoms with Crippen molar-refractivity contribution >= 4 is 18.1 Å². The molecule has 1 aromatic rings. The van der Waals surface area contributed by atoms with E-state index < -0.39 is 7.26 Å². The molecule has 1 aromatic carbocycles. The number of carbonyl (C=O) groups is 1. The van der Waals surface area contributed by atoms with Gasteiger partial charge in [-0.3, -0.25) is 4.79 Å². The zero-order valence-electron chi connectivity index (χ0n) is 14.3. The minimum absolute atomic E-state index is 0. The van der Waals surface area contributed by atoms with Crippen LogP contribution in [0.3, 0.4) is 0 Å². The maximum atomic E-state index is 13.1. The van der Waals surface area contributed by atoms with Crippen LogP contribution in [0.1, 0.15) is 71.1 Å². The van der Waals surface area contributed by atoms with Crippen molar-refractivity contribution in [2.45, 2.75) is 82.4 Å². The van der Waals surface area contributed by atoms with Gasteiger partial charge in [0, 0.05) is 27.3 Å². The molecule has 0 aliphatic heterocycles. The van der Waals surface area contributed by atoms with Crippen LogP contribution in [0.15, 0.2) is 30.3 Å². The molecule has 2 saturated carbocycles. The molecule has 1 nitrogen and oxygen atoms in total. The van der Waals surface area contributed by atoms with Crippen molar-refractivity contribution < 1.29 is 25.2 Å². The van der Waals surface area contributed by atoms with Gasteiger partial charge in [-0.25, -0.2) is 0 Å². The first-order valence-electron chi connectivity index (χ1n) is 9.21. The second-order valence-corrected chi connectivity index (χ2v) is 11.4. The summed E-state index contributed by atoms with van der Waals surface area (Å²) in [6, 6.07) is 11.0. The summed E-state index contributed by atoms with van der Waals surface area (Å²) in [4.78, 5) is 13.1. The minimum Gasteiger partial charge on any atom is -0.253 e. The van der Waals surface area contributed by atoms with Gasteiger partial charge in [-0.1, -0.05) is 31.0 Å². The van der Waals surface area contributed by atoms with Crippen molar-refractivity contribution in [3.63, 3.8) is 0 Å². The summed E-state index contributed by atoms with van der Waals surface area (Å²) in [6.07, 6.45) is 13.2. The van der Waals surface area contributed by atoms with E-state index in [0.29, 0.717) is 16.8 Å². The smallest absolute Gasteiger partial charge is 0.253 e. The third-order valence-electron chi connectivity index (χ3n) is 6.01. The molecule has 2 aliphatic rings. The van der Waals surface area contributed by atoms with Gasteiger partial charge in [0.15, 0.2) is 0 Å². The molecule has 23 heavy (non-hydrogen) atoms. The largest absolute Gasteiger partial charge is 0.270 e. The van der Waals surface area contributed by atoms with E-state index in [-0.39, 0.29) is 20.4 Å². The maximum Gasteiger partial charge on any atom is 0.270 e. The van der Waals surface area contributed by atoms with Gasteiger partial charge in [-0.05, 0) is 63.5 Å². The van der Waals surface area contributed by atoms with Crippen LogP contribution in [0, 0.1) is 0 Å².